The number of carbonyl (C=O) groups excluding carboxylic acids is 1. The Bertz CT molecular complexity index is 603. The van der Waals surface area contributed by atoms with Crippen molar-refractivity contribution in [3.8, 4) is 0 Å². The number of hydrogen-bond donors (Lipinski definition) is 3. The van der Waals surface area contributed by atoms with Gasteiger partial charge in [-0.25, -0.2) is 10.8 Å². The highest BCUT2D eigenvalue weighted by atomic mass is 127. The first-order chi connectivity index (χ1) is 9.10. The van der Waals surface area contributed by atoms with E-state index in [1.807, 2.05) is 18.2 Å². The Morgan fingerprint density at radius 3 is 2.68 bits per heavy atom. The van der Waals surface area contributed by atoms with Gasteiger partial charge in [0, 0.05) is 19.9 Å². The third-order valence-electron chi connectivity index (χ3n) is 2.35. The molecule has 2 aromatic rings. The number of benzene rings is 1. The van der Waals surface area contributed by atoms with E-state index in [4.69, 9.17) is 5.84 Å². The molecule has 0 atom stereocenters. The lowest BCUT2D eigenvalue weighted by Crippen LogP contribution is -2.13. The van der Waals surface area contributed by atoms with Crippen LogP contribution in [0.2, 0.25) is 0 Å². The fourth-order valence-corrected chi connectivity index (χ4v) is 2.10. The third-order valence-corrected chi connectivity index (χ3v) is 4.69. The summed E-state index contributed by atoms with van der Waals surface area (Å²) in [5.41, 5.74) is 3.59. The number of aromatic nitrogens is 1. The van der Waals surface area contributed by atoms with Gasteiger partial charge in [-0.3, -0.25) is 4.79 Å². The summed E-state index contributed by atoms with van der Waals surface area (Å²) in [5, 5.41) is 2.80. The van der Waals surface area contributed by atoms with Crippen molar-refractivity contribution in [2.75, 3.05) is 10.7 Å². The molecule has 1 amide bonds. The zero-order chi connectivity index (χ0) is 13.8. The summed E-state index contributed by atoms with van der Waals surface area (Å²) in [6, 6.07) is 8.90. The maximum Gasteiger partial charge on any atom is 0.257 e. The van der Waals surface area contributed by atoms with Gasteiger partial charge in [0.25, 0.3) is 5.91 Å². The fraction of sp³-hybridized carbons (Fsp3) is 0. The van der Waals surface area contributed by atoms with Crippen molar-refractivity contribution in [2.45, 2.75) is 0 Å². The number of nitrogens with zero attached hydrogens (tertiary/aromatic N) is 1. The number of nitrogens with two attached hydrogens (primary N) is 1. The molecule has 4 N–H and O–H groups in total. The first-order valence-electron chi connectivity index (χ1n) is 5.29. The molecule has 0 fully saturated rings. The third kappa shape index (κ3) is 3.64. The quantitative estimate of drug-likeness (QED) is 0.395. The summed E-state index contributed by atoms with van der Waals surface area (Å²) in [6.07, 6.45) is 1.46. The molecule has 0 aliphatic heterocycles. The second kappa shape index (κ2) is 6.31. The number of amides is 1. The highest BCUT2D eigenvalue weighted by Gasteiger charge is 2.07. The molecule has 0 aliphatic rings. The van der Waals surface area contributed by atoms with E-state index in [1.54, 1.807) is 12.1 Å². The molecule has 1 aromatic carbocycles. The van der Waals surface area contributed by atoms with Crippen LogP contribution in [-0.2, 0) is 0 Å². The molecule has 7 heteroatoms. The van der Waals surface area contributed by atoms with Gasteiger partial charge in [0.15, 0.2) is 0 Å². The monoisotopic (exact) mass is 432 g/mol. The number of hydrogen-bond acceptors (Lipinski definition) is 4. The summed E-state index contributed by atoms with van der Waals surface area (Å²) >= 11 is 5.62. The van der Waals surface area contributed by atoms with Crippen LogP contribution in [0.25, 0.3) is 0 Å². The smallest absolute Gasteiger partial charge is 0.257 e. The first kappa shape index (κ1) is 14.2. The molecular formula is C12H10BrIN4O. The summed E-state index contributed by atoms with van der Waals surface area (Å²) in [6.45, 7) is 0. The van der Waals surface area contributed by atoms with Gasteiger partial charge < -0.3 is 10.7 Å². The normalized spacial score (nSPS) is 10.1. The average molecular weight is 433 g/mol. The molecule has 1 aromatic heterocycles. The van der Waals surface area contributed by atoms with Crippen LogP contribution in [0, 0.1) is 3.57 Å². The molecule has 5 nitrogen and oxygen atoms in total. The Kier molecular flexibility index (Phi) is 4.72. The molecule has 98 valence electrons. The number of hydrazine groups is 1. The van der Waals surface area contributed by atoms with Gasteiger partial charge in [-0.05, 0) is 68.9 Å². The molecule has 0 aliphatic carbocycles. The summed E-state index contributed by atoms with van der Waals surface area (Å²) in [4.78, 5) is 16.0. The van der Waals surface area contributed by atoms with Gasteiger partial charge in [-0.2, -0.15) is 0 Å². The largest absolute Gasteiger partial charge is 0.322 e. The van der Waals surface area contributed by atoms with E-state index in [0.29, 0.717) is 11.4 Å². The van der Waals surface area contributed by atoms with Gasteiger partial charge in [-0.1, -0.05) is 0 Å². The Morgan fingerprint density at radius 1 is 1.32 bits per heavy atom. The SMILES string of the molecule is NNc1ccc(C(=O)Nc2ccc(I)c(Br)c2)cn1. The predicted molar refractivity (Wildman–Crippen MR) is 86.9 cm³/mol. The van der Waals surface area contributed by atoms with E-state index < -0.39 is 0 Å². The highest BCUT2D eigenvalue weighted by Crippen LogP contribution is 2.23. The van der Waals surface area contributed by atoms with E-state index >= 15 is 0 Å². The van der Waals surface area contributed by atoms with Gasteiger partial charge in [0.05, 0.1) is 5.56 Å². The maximum absolute atomic E-state index is 12.0. The molecule has 1 heterocycles. The van der Waals surface area contributed by atoms with E-state index in [2.05, 4.69) is 54.2 Å². The average Bonchev–Trinajstić information content (AvgIpc) is 2.43. The van der Waals surface area contributed by atoms with Crippen molar-refractivity contribution in [3.05, 3.63) is 50.1 Å². The predicted octanol–water partition coefficient (Wildman–Crippen LogP) is 2.99. The van der Waals surface area contributed by atoms with E-state index in [0.717, 1.165) is 13.7 Å². The van der Waals surface area contributed by atoms with Crippen molar-refractivity contribution in [3.63, 3.8) is 0 Å². The van der Waals surface area contributed by atoms with Crippen LogP contribution in [-0.4, -0.2) is 10.9 Å². The molecule has 2 rings (SSSR count). The number of anilines is 2. The number of pyridine rings is 1. The van der Waals surface area contributed by atoms with Gasteiger partial charge >= 0.3 is 0 Å². The number of halogens is 2. The minimum absolute atomic E-state index is 0.218. The van der Waals surface area contributed by atoms with Crippen LogP contribution in [0.5, 0.6) is 0 Å². The highest BCUT2D eigenvalue weighted by molar-refractivity contribution is 14.1. The molecule has 0 saturated carbocycles. The van der Waals surface area contributed by atoms with E-state index in [-0.39, 0.29) is 5.91 Å². The minimum atomic E-state index is -0.218. The lowest BCUT2D eigenvalue weighted by Gasteiger charge is -2.07. The fourth-order valence-electron chi connectivity index (χ4n) is 1.39. The van der Waals surface area contributed by atoms with Gasteiger partial charge in [0.2, 0.25) is 0 Å². The number of carbonyl (C=O) groups is 1. The van der Waals surface area contributed by atoms with Crippen LogP contribution < -0.4 is 16.6 Å². The Labute approximate surface area is 132 Å². The van der Waals surface area contributed by atoms with Crippen LogP contribution in [0.4, 0.5) is 11.5 Å². The molecule has 0 bridgehead atoms. The molecule has 0 saturated heterocycles. The molecule has 0 unspecified atom stereocenters. The lowest BCUT2D eigenvalue weighted by atomic mass is 10.2. The number of nitrogen functional groups attached to an aromatic ring is 1. The topological polar surface area (TPSA) is 80.0 Å². The minimum Gasteiger partial charge on any atom is -0.322 e. The second-order valence-corrected chi connectivity index (χ2v) is 5.68. The maximum atomic E-state index is 12.0. The van der Waals surface area contributed by atoms with Gasteiger partial charge in [-0.15, -0.1) is 0 Å². The number of nitrogens with one attached hydrogen (secondary N) is 2. The van der Waals surface area contributed by atoms with Crippen LogP contribution in [0.3, 0.4) is 0 Å². The van der Waals surface area contributed by atoms with E-state index in [1.165, 1.54) is 6.20 Å². The Balaban J connectivity index is 2.13. The Morgan fingerprint density at radius 2 is 2.11 bits per heavy atom. The van der Waals surface area contributed by atoms with Crippen molar-refractivity contribution >= 4 is 55.9 Å². The summed E-state index contributed by atoms with van der Waals surface area (Å²) < 4.78 is 2.02. The zero-order valence-electron chi connectivity index (χ0n) is 9.65. The number of rotatable bonds is 3. The standard InChI is InChI=1S/C12H10BrIN4O/c13-9-5-8(2-3-10(9)14)17-12(19)7-1-4-11(18-15)16-6-7/h1-6H,15H2,(H,16,18)(H,17,19). The van der Waals surface area contributed by atoms with Crippen LogP contribution in [0.1, 0.15) is 10.4 Å². The molecule has 0 spiro atoms. The van der Waals surface area contributed by atoms with Crippen molar-refractivity contribution in [2.24, 2.45) is 5.84 Å². The van der Waals surface area contributed by atoms with Crippen molar-refractivity contribution < 1.29 is 4.79 Å². The molecular weight excluding hydrogens is 423 g/mol. The van der Waals surface area contributed by atoms with Crippen molar-refractivity contribution in [1.29, 1.82) is 0 Å². The Hall–Kier alpha value is -1.19. The van der Waals surface area contributed by atoms with Crippen LogP contribution >= 0.6 is 38.5 Å². The molecule has 0 radical (unpaired) electrons. The van der Waals surface area contributed by atoms with E-state index in [9.17, 15) is 4.79 Å². The zero-order valence-corrected chi connectivity index (χ0v) is 13.4. The summed E-state index contributed by atoms with van der Waals surface area (Å²) in [7, 11) is 0. The lowest BCUT2D eigenvalue weighted by molar-refractivity contribution is 0.102. The van der Waals surface area contributed by atoms with Crippen LogP contribution in [0.15, 0.2) is 41.0 Å². The second-order valence-electron chi connectivity index (χ2n) is 3.66. The first-order valence-corrected chi connectivity index (χ1v) is 7.16. The molecule has 19 heavy (non-hydrogen) atoms. The van der Waals surface area contributed by atoms with Crippen molar-refractivity contribution in [1.82, 2.24) is 4.98 Å². The van der Waals surface area contributed by atoms with Gasteiger partial charge in [0.1, 0.15) is 5.82 Å². The summed E-state index contributed by atoms with van der Waals surface area (Å²) in [5.74, 6) is 5.50.